The Morgan fingerprint density at radius 3 is 2.17 bits per heavy atom. The van der Waals surface area contributed by atoms with E-state index in [0.29, 0.717) is 32.1 Å². The van der Waals surface area contributed by atoms with Gasteiger partial charge in [-0.05, 0) is 50.4 Å². The Labute approximate surface area is 287 Å². The summed E-state index contributed by atoms with van der Waals surface area (Å²) in [5, 5.41) is 10.6. The van der Waals surface area contributed by atoms with E-state index < -0.39 is 89.9 Å². The van der Waals surface area contributed by atoms with Crippen LogP contribution in [0.5, 0.6) is 0 Å². The third-order valence-electron chi connectivity index (χ3n) is 10.7. The number of rotatable bonds is 11. The molecule has 5 rings (SSSR count). The highest BCUT2D eigenvalue weighted by atomic mass is 35.5. The van der Waals surface area contributed by atoms with Crippen LogP contribution in [0.1, 0.15) is 98.3 Å². The Morgan fingerprint density at radius 1 is 0.957 bits per heavy atom. The first-order valence-corrected chi connectivity index (χ1v) is 19.5. The van der Waals surface area contributed by atoms with Crippen molar-refractivity contribution in [2.75, 3.05) is 12.3 Å². The van der Waals surface area contributed by atoms with Crippen LogP contribution in [0.15, 0.2) is 0 Å². The molecule has 2 aliphatic heterocycles. The molecule has 5 fully saturated rings. The van der Waals surface area contributed by atoms with Crippen LogP contribution in [0.25, 0.3) is 0 Å². The second kappa shape index (κ2) is 13.3. The fourth-order valence-electron chi connectivity index (χ4n) is 7.92. The number of carbonyl (C=O) groups is 5. The molecule has 2 saturated heterocycles. The molecule has 3 aliphatic carbocycles. The smallest absolute Gasteiger partial charge is 0.315 e. The molecular weight excluding hydrogens is 669 g/mol. The summed E-state index contributed by atoms with van der Waals surface area (Å²) in [6, 6.07) is -3.95. The monoisotopic (exact) mass is 717 g/mol. The molecule has 5 amide bonds. The van der Waals surface area contributed by atoms with Gasteiger partial charge >= 0.3 is 6.03 Å². The van der Waals surface area contributed by atoms with Crippen molar-refractivity contribution >= 4 is 62.6 Å². The molecule has 12 nitrogen and oxygen atoms in total. The van der Waals surface area contributed by atoms with Gasteiger partial charge in [0.05, 0.1) is 22.6 Å². The predicted molar refractivity (Wildman–Crippen MR) is 177 cm³/mol. The van der Waals surface area contributed by atoms with E-state index in [0.717, 1.165) is 32.1 Å². The molecule has 3 saturated carbocycles. The van der Waals surface area contributed by atoms with Crippen molar-refractivity contribution in [3.8, 4) is 0 Å². The van der Waals surface area contributed by atoms with Gasteiger partial charge in [-0.3, -0.25) is 19.2 Å². The number of nitrogens with zero attached hydrogens (tertiary/aromatic N) is 1. The summed E-state index contributed by atoms with van der Waals surface area (Å²) in [5.74, 6) is -3.53. The lowest BCUT2D eigenvalue weighted by molar-refractivity contribution is -0.144. The molecule has 15 heteroatoms. The van der Waals surface area contributed by atoms with Gasteiger partial charge in [-0.25, -0.2) is 13.2 Å². The van der Waals surface area contributed by atoms with Crippen molar-refractivity contribution < 1.29 is 32.4 Å². The van der Waals surface area contributed by atoms with Crippen LogP contribution in [0.3, 0.4) is 0 Å². The number of piperidine rings is 1. The number of alkyl halides is 2. The molecule has 2 heterocycles. The van der Waals surface area contributed by atoms with Gasteiger partial charge in [0.1, 0.15) is 16.4 Å². The molecule has 0 unspecified atom stereocenters. The van der Waals surface area contributed by atoms with Crippen molar-refractivity contribution in [2.24, 2.45) is 17.3 Å². The fourth-order valence-corrected chi connectivity index (χ4v) is 11.1. The number of nitrogens with one attached hydrogen (secondary N) is 4. The van der Waals surface area contributed by atoms with E-state index in [1.807, 2.05) is 6.92 Å². The Hall–Kier alpha value is -2.12. The molecule has 0 aromatic rings. The maximum absolute atomic E-state index is 14.3. The molecule has 0 spiro atoms. The van der Waals surface area contributed by atoms with Crippen molar-refractivity contribution in [1.29, 1.82) is 0 Å². The fraction of sp³-hybridized carbons (Fsp3) is 0.844. The number of sulfone groups is 1. The maximum Gasteiger partial charge on any atom is 0.315 e. The number of likely N-dealkylation sites (tertiary alicyclic amines) is 1. The highest BCUT2D eigenvalue weighted by Gasteiger charge is 2.74. The third kappa shape index (κ3) is 7.41. The van der Waals surface area contributed by atoms with E-state index >= 15 is 0 Å². The van der Waals surface area contributed by atoms with Crippen molar-refractivity contribution in [1.82, 2.24) is 26.2 Å². The minimum Gasteiger partial charge on any atom is -0.347 e. The zero-order valence-corrected chi connectivity index (χ0v) is 30.0. The number of hydrogen-bond acceptors (Lipinski definition) is 7. The number of halogens is 2. The van der Waals surface area contributed by atoms with Crippen LogP contribution in [-0.2, 0) is 29.0 Å². The Kier molecular flexibility index (Phi) is 10.2. The molecule has 47 heavy (non-hydrogen) atoms. The third-order valence-corrected chi connectivity index (χ3v) is 14.1. The SMILES string of the molecule is CCC[C@H](NC(=O)[C@@H]1[C@@H]2[C@H](CN1C(=O)[C@@H](NC(=O)NC1([C@@H]3CCCS3(=O)=O)CCCCC1)C(C)(C)C)C2(Cl)Cl)C(=O)C(=O)NC1CC1. The zero-order valence-electron chi connectivity index (χ0n) is 27.7. The summed E-state index contributed by atoms with van der Waals surface area (Å²) < 4.78 is 24.8. The Bertz CT molecular complexity index is 1390. The van der Waals surface area contributed by atoms with Crippen LogP contribution < -0.4 is 21.3 Å². The highest BCUT2D eigenvalue weighted by molar-refractivity contribution is 7.92. The Balaban J connectivity index is 1.34. The predicted octanol–water partition coefficient (Wildman–Crippen LogP) is 2.74. The quantitative estimate of drug-likeness (QED) is 0.188. The van der Waals surface area contributed by atoms with Crippen LogP contribution in [0.2, 0.25) is 0 Å². The summed E-state index contributed by atoms with van der Waals surface area (Å²) in [4.78, 5) is 68.8. The minimum atomic E-state index is -3.37. The van der Waals surface area contributed by atoms with Crippen molar-refractivity contribution in [2.45, 2.75) is 138 Å². The lowest BCUT2D eigenvalue weighted by Crippen LogP contribution is -2.65. The summed E-state index contributed by atoms with van der Waals surface area (Å²) in [7, 11) is -3.37. The molecule has 6 atom stereocenters. The zero-order chi connectivity index (χ0) is 34.5. The van der Waals surface area contributed by atoms with Gasteiger partial charge in [-0.15, -0.1) is 23.2 Å². The molecule has 0 aromatic carbocycles. The first-order chi connectivity index (χ1) is 21.9. The van der Waals surface area contributed by atoms with Gasteiger partial charge in [0.25, 0.3) is 5.91 Å². The average Bonchev–Trinajstić information content (AvgIpc) is 3.76. The van der Waals surface area contributed by atoms with Crippen molar-refractivity contribution in [3.63, 3.8) is 0 Å². The van der Waals surface area contributed by atoms with Crippen LogP contribution >= 0.6 is 23.2 Å². The second-order valence-electron chi connectivity index (χ2n) is 15.3. The minimum absolute atomic E-state index is 0.0256. The summed E-state index contributed by atoms with van der Waals surface area (Å²) >= 11 is 13.1. The molecule has 5 aliphatic rings. The lowest BCUT2D eigenvalue weighted by Gasteiger charge is -2.43. The Morgan fingerprint density at radius 2 is 1.62 bits per heavy atom. The van der Waals surface area contributed by atoms with E-state index in [4.69, 9.17) is 23.2 Å². The van der Waals surface area contributed by atoms with E-state index in [1.54, 1.807) is 20.8 Å². The summed E-state index contributed by atoms with van der Waals surface area (Å²) in [5.41, 5.74) is -1.72. The molecule has 4 N–H and O–H groups in total. The van der Waals surface area contributed by atoms with Crippen LogP contribution in [0, 0.1) is 17.3 Å². The highest BCUT2D eigenvalue weighted by Crippen LogP contribution is 2.65. The molecule has 0 bridgehead atoms. The maximum atomic E-state index is 14.3. The van der Waals surface area contributed by atoms with Gasteiger partial charge in [0, 0.05) is 24.4 Å². The van der Waals surface area contributed by atoms with Gasteiger partial charge < -0.3 is 26.2 Å². The molecule has 0 aromatic heterocycles. The molecule has 264 valence electrons. The van der Waals surface area contributed by atoms with E-state index in [1.165, 1.54) is 4.90 Å². The summed E-state index contributed by atoms with van der Waals surface area (Å²) in [6.07, 6.45) is 7.04. The largest absolute Gasteiger partial charge is 0.347 e. The number of amides is 5. The number of hydrogen-bond donors (Lipinski definition) is 4. The number of urea groups is 1. The summed E-state index contributed by atoms with van der Waals surface area (Å²) in [6.45, 7) is 7.29. The number of carbonyl (C=O) groups excluding carboxylic acids is 5. The normalized spacial score (nSPS) is 30.0. The average molecular weight is 719 g/mol. The van der Waals surface area contributed by atoms with Gasteiger partial charge in [0.2, 0.25) is 17.6 Å². The number of ketones is 1. The van der Waals surface area contributed by atoms with Crippen LogP contribution in [-0.4, -0.2) is 94.4 Å². The molecule has 0 radical (unpaired) electrons. The van der Waals surface area contributed by atoms with E-state index in [2.05, 4.69) is 21.3 Å². The first kappa shape index (κ1) is 36.2. The molecular formula is C32H49Cl2N5O7S. The first-order valence-electron chi connectivity index (χ1n) is 17.1. The van der Waals surface area contributed by atoms with Crippen molar-refractivity contribution in [3.05, 3.63) is 0 Å². The van der Waals surface area contributed by atoms with Gasteiger partial charge in [-0.1, -0.05) is 53.4 Å². The van der Waals surface area contributed by atoms with E-state index in [-0.39, 0.29) is 24.8 Å². The van der Waals surface area contributed by atoms with E-state index in [9.17, 15) is 32.4 Å². The second-order valence-corrected chi connectivity index (χ2v) is 19.1. The van der Waals surface area contributed by atoms with Crippen LogP contribution in [0.4, 0.5) is 4.79 Å². The number of fused-ring (bicyclic) bond motifs is 1. The van der Waals surface area contributed by atoms with Gasteiger partial charge in [0.15, 0.2) is 9.84 Å². The standard InChI is InChI=1S/C32H49Cl2N5O7S/c1-5-10-20(24(40)27(42)35-18-12-13-18)36-26(41)23-22-19(32(22,33)34)17-39(23)28(43)25(30(2,3)4)37-29(44)38-31(14-7-6-8-15-31)21-11-9-16-47(21,45)46/h18-23,25H,5-17H2,1-4H3,(H,35,42)(H,36,41)(H2,37,38,44)/t19-,20-,21-,22-,23-,25+/m0/s1. The number of Topliss-reactive ketones (excluding diaryl/α,β-unsaturated/α-hetero) is 1. The topological polar surface area (TPSA) is 171 Å². The lowest BCUT2D eigenvalue weighted by atomic mass is 9.78. The van der Waals surface area contributed by atoms with Gasteiger partial charge in [-0.2, -0.15) is 0 Å².